The van der Waals surface area contributed by atoms with Gasteiger partial charge in [-0.3, -0.25) is 9.48 Å². The zero-order chi connectivity index (χ0) is 18.0. The SMILES string of the molecule is C[C@@H](NC(=O)c1cc(-c2ccc(F)cc2)nn1C)c1ccc(I)cc1. The number of amides is 1. The summed E-state index contributed by atoms with van der Waals surface area (Å²) in [4.78, 5) is 12.6. The molecule has 0 aliphatic rings. The lowest BCUT2D eigenvalue weighted by Crippen LogP contribution is -2.28. The van der Waals surface area contributed by atoms with Gasteiger partial charge in [0.2, 0.25) is 0 Å². The van der Waals surface area contributed by atoms with E-state index in [-0.39, 0.29) is 17.8 Å². The normalized spacial score (nSPS) is 12.0. The molecule has 0 saturated carbocycles. The lowest BCUT2D eigenvalue weighted by molar-refractivity contribution is 0.0930. The number of aryl methyl sites for hydroxylation is 1. The first-order valence-corrected chi connectivity index (χ1v) is 8.88. The van der Waals surface area contributed by atoms with Gasteiger partial charge in [0, 0.05) is 16.2 Å². The van der Waals surface area contributed by atoms with Gasteiger partial charge in [-0.1, -0.05) is 12.1 Å². The van der Waals surface area contributed by atoms with Crippen LogP contribution in [0.25, 0.3) is 11.3 Å². The fourth-order valence-corrected chi connectivity index (χ4v) is 2.91. The van der Waals surface area contributed by atoms with Gasteiger partial charge in [0.25, 0.3) is 5.91 Å². The molecular weight excluding hydrogens is 432 g/mol. The van der Waals surface area contributed by atoms with Gasteiger partial charge >= 0.3 is 0 Å². The Morgan fingerprint density at radius 3 is 2.44 bits per heavy atom. The number of hydrogen-bond donors (Lipinski definition) is 1. The number of rotatable bonds is 4. The molecule has 1 atom stereocenters. The summed E-state index contributed by atoms with van der Waals surface area (Å²) in [6, 6.07) is 15.7. The molecule has 0 spiro atoms. The summed E-state index contributed by atoms with van der Waals surface area (Å²) in [5.41, 5.74) is 2.89. The van der Waals surface area contributed by atoms with Crippen molar-refractivity contribution in [1.82, 2.24) is 15.1 Å². The first-order valence-electron chi connectivity index (χ1n) is 7.80. The van der Waals surface area contributed by atoms with E-state index in [2.05, 4.69) is 33.0 Å². The minimum Gasteiger partial charge on any atom is -0.344 e. The van der Waals surface area contributed by atoms with Crippen LogP contribution >= 0.6 is 22.6 Å². The molecule has 4 nitrogen and oxygen atoms in total. The molecule has 0 fully saturated rings. The van der Waals surface area contributed by atoms with E-state index in [9.17, 15) is 9.18 Å². The maximum absolute atomic E-state index is 13.1. The Balaban J connectivity index is 1.78. The standard InChI is InChI=1S/C19H17FIN3O/c1-12(13-5-9-16(21)10-6-13)22-19(25)18-11-17(23-24(18)2)14-3-7-15(20)8-4-14/h3-12H,1-2H3,(H,22,25)/t12-/m1/s1. The number of carbonyl (C=O) groups is 1. The molecule has 128 valence electrons. The average Bonchev–Trinajstić information content (AvgIpc) is 2.98. The summed E-state index contributed by atoms with van der Waals surface area (Å²) in [5.74, 6) is -0.501. The van der Waals surface area contributed by atoms with Gasteiger partial charge in [0.15, 0.2) is 0 Å². The van der Waals surface area contributed by atoms with E-state index in [0.717, 1.165) is 14.7 Å². The first kappa shape index (κ1) is 17.6. The van der Waals surface area contributed by atoms with Crippen molar-refractivity contribution in [3.05, 3.63) is 75.2 Å². The second-order valence-electron chi connectivity index (χ2n) is 5.79. The molecular formula is C19H17FIN3O. The smallest absolute Gasteiger partial charge is 0.270 e. The van der Waals surface area contributed by atoms with Crippen LogP contribution in [0.15, 0.2) is 54.6 Å². The van der Waals surface area contributed by atoms with Gasteiger partial charge in [-0.05, 0) is 77.5 Å². The summed E-state index contributed by atoms with van der Waals surface area (Å²) < 4.78 is 15.7. The van der Waals surface area contributed by atoms with Crippen LogP contribution in [0.5, 0.6) is 0 Å². The van der Waals surface area contributed by atoms with Crippen LogP contribution in [0.4, 0.5) is 4.39 Å². The third-order valence-corrected chi connectivity index (χ3v) is 4.69. The summed E-state index contributed by atoms with van der Waals surface area (Å²) in [6.07, 6.45) is 0. The number of nitrogens with one attached hydrogen (secondary N) is 1. The molecule has 0 aliphatic carbocycles. The lowest BCUT2D eigenvalue weighted by Gasteiger charge is -2.14. The number of halogens is 2. The van der Waals surface area contributed by atoms with Crippen LogP contribution in [-0.4, -0.2) is 15.7 Å². The third-order valence-electron chi connectivity index (χ3n) is 3.97. The Hall–Kier alpha value is -2.22. The van der Waals surface area contributed by atoms with Gasteiger partial charge in [0.05, 0.1) is 11.7 Å². The average molecular weight is 449 g/mol. The number of aromatic nitrogens is 2. The minimum absolute atomic E-state index is 0.117. The van der Waals surface area contributed by atoms with E-state index < -0.39 is 0 Å². The molecule has 1 N–H and O–H groups in total. The number of nitrogens with zero attached hydrogens (tertiary/aromatic N) is 2. The van der Waals surface area contributed by atoms with Crippen molar-refractivity contribution in [1.29, 1.82) is 0 Å². The van der Waals surface area contributed by atoms with Crippen LogP contribution in [-0.2, 0) is 7.05 Å². The molecule has 0 saturated heterocycles. The van der Waals surface area contributed by atoms with Crippen LogP contribution < -0.4 is 5.32 Å². The second-order valence-corrected chi connectivity index (χ2v) is 7.04. The Labute approximate surface area is 159 Å². The highest BCUT2D eigenvalue weighted by molar-refractivity contribution is 14.1. The van der Waals surface area contributed by atoms with Crippen LogP contribution in [0.1, 0.15) is 29.0 Å². The fraction of sp³-hybridized carbons (Fsp3) is 0.158. The molecule has 25 heavy (non-hydrogen) atoms. The maximum Gasteiger partial charge on any atom is 0.270 e. The van der Waals surface area contributed by atoms with Crippen molar-refractivity contribution in [2.24, 2.45) is 7.05 Å². The molecule has 1 aromatic heterocycles. The number of carbonyl (C=O) groups excluding carboxylic acids is 1. The molecule has 2 aromatic carbocycles. The third kappa shape index (κ3) is 4.07. The summed E-state index contributed by atoms with van der Waals surface area (Å²) in [7, 11) is 1.72. The largest absolute Gasteiger partial charge is 0.344 e. The van der Waals surface area contributed by atoms with E-state index in [0.29, 0.717) is 11.4 Å². The second kappa shape index (κ2) is 7.35. The van der Waals surface area contributed by atoms with Gasteiger partial charge in [-0.25, -0.2) is 4.39 Å². The van der Waals surface area contributed by atoms with Crippen molar-refractivity contribution >= 4 is 28.5 Å². The Kier molecular flexibility index (Phi) is 5.17. The van der Waals surface area contributed by atoms with E-state index in [1.54, 1.807) is 25.2 Å². The summed E-state index contributed by atoms with van der Waals surface area (Å²) in [6.45, 7) is 1.94. The fourth-order valence-electron chi connectivity index (χ4n) is 2.55. The monoisotopic (exact) mass is 449 g/mol. The zero-order valence-corrected chi connectivity index (χ0v) is 16.0. The van der Waals surface area contributed by atoms with Gasteiger partial charge in [-0.2, -0.15) is 5.10 Å². The highest BCUT2D eigenvalue weighted by Crippen LogP contribution is 2.20. The lowest BCUT2D eigenvalue weighted by atomic mass is 10.1. The summed E-state index contributed by atoms with van der Waals surface area (Å²) >= 11 is 2.25. The van der Waals surface area contributed by atoms with Crippen molar-refractivity contribution < 1.29 is 9.18 Å². The van der Waals surface area contributed by atoms with E-state index >= 15 is 0 Å². The quantitative estimate of drug-likeness (QED) is 0.604. The molecule has 3 aromatic rings. The van der Waals surface area contributed by atoms with Crippen molar-refractivity contribution in [2.75, 3.05) is 0 Å². The highest BCUT2D eigenvalue weighted by Gasteiger charge is 2.17. The van der Waals surface area contributed by atoms with Gasteiger partial charge in [0.1, 0.15) is 11.5 Å². The van der Waals surface area contributed by atoms with Crippen LogP contribution in [0.3, 0.4) is 0 Å². The first-order chi connectivity index (χ1) is 11.9. The predicted molar refractivity (Wildman–Crippen MR) is 104 cm³/mol. The van der Waals surface area contributed by atoms with Crippen LogP contribution in [0.2, 0.25) is 0 Å². The molecule has 3 rings (SSSR count). The van der Waals surface area contributed by atoms with Gasteiger partial charge < -0.3 is 5.32 Å². The topological polar surface area (TPSA) is 46.9 Å². The molecule has 0 bridgehead atoms. The van der Waals surface area contributed by atoms with Crippen molar-refractivity contribution in [2.45, 2.75) is 13.0 Å². The molecule has 1 heterocycles. The van der Waals surface area contributed by atoms with Crippen molar-refractivity contribution in [3.63, 3.8) is 0 Å². The van der Waals surface area contributed by atoms with Crippen molar-refractivity contribution in [3.8, 4) is 11.3 Å². The molecule has 1 amide bonds. The number of hydrogen-bond acceptors (Lipinski definition) is 2. The van der Waals surface area contributed by atoms with Crippen LogP contribution in [0, 0.1) is 9.39 Å². The predicted octanol–water partition coefficient (Wildman–Crippen LogP) is 4.32. The Bertz CT molecular complexity index is 888. The van der Waals surface area contributed by atoms with Gasteiger partial charge in [-0.15, -0.1) is 0 Å². The zero-order valence-electron chi connectivity index (χ0n) is 13.8. The summed E-state index contributed by atoms with van der Waals surface area (Å²) in [5, 5.41) is 7.34. The van der Waals surface area contributed by atoms with E-state index in [1.807, 2.05) is 31.2 Å². The molecule has 0 unspecified atom stereocenters. The highest BCUT2D eigenvalue weighted by atomic mass is 127. The Morgan fingerprint density at radius 2 is 1.80 bits per heavy atom. The number of benzene rings is 2. The van der Waals surface area contributed by atoms with E-state index in [4.69, 9.17) is 0 Å². The minimum atomic E-state index is -0.302. The molecule has 0 radical (unpaired) electrons. The maximum atomic E-state index is 13.1. The van der Waals surface area contributed by atoms with E-state index in [1.165, 1.54) is 16.8 Å². The molecule has 6 heteroatoms. The Morgan fingerprint density at radius 1 is 1.16 bits per heavy atom. The molecule has 0 aliphatic heterocycles.